The number of unbranched alkanes of at least 4 members (excludes halogenated alkanes) is 1. The van der Waals surface area contributed by atoms with Gasteiger partial charge in [0.15, 0.2) is 0 Å². The van der Waals surface area contributed by atoms with Crippen LogP contribution in [-0.4, -0.2) is 25.0 Å². The molecule has 0 aromatic carbocycles. The van der Waals surface area contributed by atoms with Crippen LogP contribution in [-0.2, 0) is 0 Å². The van der Waals surface area contributed by atoms with Gasteiger partial charge in [-0.3, -0.25) is 0 Å². The minimum atomic E-state index is 0.545. The van der Waals surface area contributed by atoms with Gasteiger partial charge in [-0.05, 0) is 62.4 Å². The lowest BCUT2D eigenvalue weighted by Crippen LogP contribution is -2.35. The van der Waals surface area contributed by atoms with Crippen molar-refractivity contribution in [3.8, 4) is 0 Å². The first kappa shape index (κ1) is 19.0. The quantitative estimate of drug-likeness (QED) is 0.453. The lowest BCUT2D eigenvalue weighted by Gasteiger charge is -2.38. The molecule has 0 bridgehead atoms. The molecule has 1 unspecified atom stereocenters. The Bertz CT molecular complexity index is 265. The van der Waals surface area contributed by atoms with Gasteiger partial charge < -0.3 is 4.90 Å². The molecule has 0 aromatic rings. The molecule has 1 aliphatic rings. The highest BCUT2D eigenvalue weighted by Gasteiger charge is 2.30. The molecule has 1 heteroatoms. The Hall–Kier alpha value is -0.0400. The van der Waals surface area contributed by atoms with Crippen LogP contribution in [0, 0.1) is 23.2 Å². The molecule has 0 radical (unpaired) electrons. The van der Waals surface area contributed by atoms with Crippen molar-refractivity contribution in [3.05, 3.63) is 0 Å². The van der Waals surface area contributed by atoms with Gasteiger partial charge in [0, 0.05) is 6.54 Å². The average molecular weight is 296 g/mol. The third-order valence-electron chi connectivity index (χ3n) is 5.72. The van der Waals surface area contributed by atoms with E-state index < -0.39 is 0 Å². The summed E-state index contributed by atoms with van der Waals surface area (Å²) in [6.07, 6.45) is 11.3. The van der Waals surface area contributed by atoms with Crippen LogP contribution in [0.1, 0.15) is 86.0 Å². The first-order valence-corrected chi connectivity index (χ1v) is 9.54. The molecule has 0 saturated heterocycles. The van der Waals surface area contributed by atoms with E-state index >= 15 is 0 Å². The largest absolute Gasteiger partial charge is 0.306 e. The third-order valence-corrected chi connectivity index (χ3v) is 5.72. The van der Waals surface area contributed by atoms with Crippen molar-refractivity contribution >= 4 is 0 Å². The summed E-state index contributed by atoms with van der Waals surface area (Å²) in [6.45, 7) is 14.6. The molecule has 1 atom stereocenters. The summed E-state index contributed by atoms with van der Waals surface area (Å²) in [5.41, 5.74) is 0.545. The van der Waals surface area contributed by atoms with E-state index in [9.17, 15) is 0 Å². The van der Waals surface area contributed by atoms with E-state index in [-0.39, 0.29) is 0 Å². The number of hydrogen-bond donors (Lipinski definition) is 0. The fraction of sp³-hybridized carbons (Fsp3) is 1.00. The Kier molecular flexibility index (Phi) is 8.31. The summed E-state index contributed by atoms with van der Waals surface area (Å²) in [7, 11) is 2.30. The van der Waals surface area contributed by atoms with E-state index in [0.29, 0.717) is 5.41 Å². The highest BCUT2D eigenvalue weighted by Crippen LogP contribution is 2.39. The number of nitrogens with zero attached hydrogens (tertiary/aromatic N) is 1. The lowest BCUT2D eigenvalue weighted by atomic mass is 9.71. The molecule has 1 rings (SSSR count). The molecule has 21 heavy (non-hydrogen) atoms. The van der Waals surface area contributed by atoms with Gasteiger partial charge in [-0.2, -0.15) is 0 Å². The van der Waals surface area contributed by atoms with Crippen molar-refractivity contribution in [1.82, 2.24) is 4.90 Å². The van der Waals surface area contributed by atoms with Crippen LogP contribution >= 0.6 is 0 Å². The SMILES string of the molecule is CCCCN(C)CC1CC(CCC(C)CC(C)(C)CC)C1. The van der Waals surface area contributed by atoms with Gasteiger partial charge in [0.25, 0.3) is 0 Å². The number of hydrogen-bond acceptors (Lipinski definition) is 1. The molecule has 1 aliphatic carbocycles. The normalized spacial score (nSPS) is 24.1. The smallest absolute Gasteiger partial charge is 0.000681 e. The van der Waals surface area contributed by atoms with Crippen LogP contribution < -0.4 is 0 Å². The van der Waals surface area contributed by atoms with E-state index in [0.717, 1.165) is 17.8 Å². The Balaban J connectivity index is 2.07. The topological polar surface area (TPSA) is 3.24 Å². The van der Waals surface area contributed by atoms with E-state index in [2.05, 4.69) is 46.6 Å². The van der Waals surface area contributed by atoms with Crippen molar-refractivity contribution in [1.29, 1.82) is 0 Å². The maximum absolute atomic E-state index is 2.55. The predicted molar refractivity (Wildman–Crippen MR) is 95.7 cm³/mol. The van der Waals surface area contributed by atoms with Gasteiger partial charge in [0.1, 0.15) is 0 Å². The van der Waals surface area contributed by atoms with Crippen molar-refractivity contribution < 1.29 is 0 Å². The van der Waals surface area contributed by atoms with Gasteiger partial charge >= 0.3 is 0 Å². The predicted octanol–water partition coefficient (Wildman–Crippen LogP) is 5.99. The third kappa shape index (κ3) is 7.68. The molecule has 0 aromatic heterocycles. The molecule has 1 fully saturated rings. The lowest BCUT2D eigenvalue weighted by molar-refractivity contribution is 0.123. The van der Waals surface area contributed by atoms with Crippen LogP contribution in [0.4, 0.5) is 0 Å². The molecule has 1 nitrogen and oxygen atoms in total. The van der Waals surface area contributed by atoms with Crippen LogP contribution in [0.25, 0.3) is 0 Å². The highest BCUT2D eigenvalue weighted by atomic mass is 15.1. The van der Waals surface area contributed by atoms with Crippen LogP contribution in [0.15, 0.2) is 0 Å². The van der Waals surface area contributed by atoms with Crippen LogP contribution in [0.2, 0.25) is 0 Å². The maximum atomic E-state index is 2.55. The first-order valence-electron chi connectivity index (χ1n) is 9.54. The van der Waals surface area contributed by atoms with E-state index in [1.807, 2.05) is 0 Å². The highest BCUT2D eigenvalue weighted by molar-refractivity contribution is 4.82. The zero-order valence-corrected chi connectivity index (χ0v) is 15.8. The van der Waals surface area contributed by atoms with Crippen LogP contribution in [0.5, 0.6) is 0 Å². The average Bonchev–Trinajstić information content (AvgIpc) is 2.38. The summed E-state index contributed by atoms with van der Waals surface area (Å²) < 4.78 is 0. The van der Waals surface area contributed by atoms with E-state index in [4.69, 9.17) is 0 Å². The standard InChI is InChI=1S/C20H41N/c1-7-9-12-21(6)16-19-13-18(14-19)11-10-17(3)15-20(4,5)8-2/h17-19H,7-16H2,1-6H3. The van der Waals surface area contributed by atoms with Gasteiger partial charge in [0.05, 0.1) is 0 Å². The maximum Gasteiger partial charge on any atom is 0.000681 e. The van der Waals surface area contributed by atoms with Gasteiger partial charge in [-0.15, -0.1) is 0 Å². The molecule has 0 aliphatic heterocycles. The molecule has 0 spiro atoms. The fourth-order valence-electron chi connectivity index (χ4n) is 3.93. The summed E-state index contributed by atoms with van der Waals surface area (Å²) in [5, 5.41) is 0. The van der Waals surface area contributed by atoms with Gasteiger partial charge in [-0.25, -0.2) is 0 Å². The Morgan fingerprint density at radius 1 is 1.14 bits per heavy atom. The summed E-state index contributed by atoms with van der Waals surface area (Å²) in [4.78, 5) is 2.55. The molecular weight excluding hydrogens is 254 g/mol. The summed E-state index contributed by atoms with van der Waals surface area (Å²) >= 11 is 0. The second-order valence-electron chi connectivity index (χ2n) is 8.72. The van der Waals surface area contributed by atoms with E-state index in [1.165, 1.54) is 64.5 Å². The number of rotatable bonds is 11. The van der Waals surface area contributed by atoms with E-state index in [1.54, 1.807) is 0 Å². The first-order chi connectivity index (χ1) is 9.86. The molecular formula is C20H41N. The van der Waals surface area contributed by atoms with Crippen LogP contribution in [0.3, 0.4) is 0 Å². The fourth-order valence-corrected chi connectivity index (χ4v) is 3.93. The summed E-state index contributed by atoms with van der Waals surface area (Å²) in [5.74, 6) is 2.95. The monoisotopic (exact) mass is 295 g/mol. The molecule has 0 N–H and O–H groups in total. The Labute approximate surface area is 134 Å². The van der Waals surface area contributed by atoms with Gasteiger partial charge in [0.2, 0.25) is 0 Å². The Morgan fingerprint density at radius 2 is 1.81 bits per heavy atom. The molecule has 126 valence electrons. The zero-order chi connectivity index (χ0) is 15.9. The molecule has 0 amide bonds. The second-order valence-corrected chi connectivity index (χ2v) is 8.72. The Morgan fingerprint density at radius 3 is 2.38 bits per heavy atom. The molecule has 0 heterocycles. The van der Waals surface area contributed by atoms with Crippen molar-refractivity contribution in [2.75, 3.05) is 20.1 Å². The van der Waals surface area contributed by atoms with Gasteiger partial charge in [-0.1, -0.05) is 60.3 Å². The molecule has 1 saturated carbocycles. The minimum absolute atomic E-state index is 0.545. The van der Waals surface area contributed by atoms with Crippen molar-refractivity contribution in [2.45, 2.75) is 86.0 Å². The zero-order valence-electron chi connectivity index (χ0n) is 15.8. The second kappa shape index (κ2) is 9.18. The van der Waals surface area contributed by atoms with Crippen molar-refractivity contribution in [2.24, 2.45) is 23.2 Å². The van der Waals surface area contributed by atoms with Crippen molar-refractivity contribution in [3.63, 3.8) is 0 Å². The summed E-state index contributed by atoms with van der Waals surface area (Å²) in [6, 6.07) is 0. The minimum Gasteiger partial charge on any atom is -0.306 e.